The molecule has 1 aromatic heterocycles. The van der Waals surface area contributed by atoms with Crippen LogP contribution in [0.4, 0.5) is 0 Å². The van der Waals surface area contributed by atoms with Gasteiger partial charge in [0, 0.05) is 12.6 Å². The Morgan fingerprint density at radius 3 is 2.73 bits per heavy atom. The third-order valence-electron chi connectivity index (χ3n) is 2.24. The lowest BCUT2D eigenvalue weighted by Gasteiger charge is -2.07. The lowest BCUT2D eigenvalue weighted by atomic mass is 10.2. The third-order valence-corrected chi connectivity index (χ3v) is 2.97. The maximum Gasteiger partial charge on any atom is 0.0213 e. The van der Waals surface area contributed by atoms with Gasteiger partial charge in [-0.25, -0.2) is 0 Å². The van der Waals surface area contributed by atoms with E-state index in [1.165, 1.54) is 18.4 Å². The SMILES string of the molecule is CC(C)NCCCCNCc1ccsc1. The van der Waals surface area contributed by atoms with Crippen LogP contribution in [0, 0.1) is 0 Å². The molecule has 0 fully saturated rings. The molecule has 0 amide bonds. The standard InChI is InChI=1S/C12H22N2S/c1-11(2)14-7-4-3-6-13-9-12-5-8-15-10-12/h5,8,10-11,13-14H,3-4,6-7,9H2,1-2H3. The molecule has 1 aromatic rings. The van der Waals surface area contributed by atoms with E-state index in [9.17, 15) is 0 Å². The van der Waals surface area contributed by atoms with Crippen LogP contribution in [0.5, 0.6) is 0 Å². The fraction of sp³-hybridized carbons (Fsp3) is 0.667. The number of thiophene rings is 1. The number of hydrogen-bond acceptors (Lipinski definition) is 3. The zero-order chi connectivity index (χ0) is 10.9. The molecule has 0 spiro atoms. The Morgan fingerprint density at radius 2 is 2.07 bits per heavy atom. The molecule has 1 rings (SSSR count). The molecule has 0 aromatic carbocycles. The summed E-state index contributed by atoms with van der Waals surface area (Å²) in [6, 6.07) is 2.79. The van der Waals surface area contributed by atoms with E-state index in [2.05, 4.69) is 41.3 Å². The summed E-state index contributed by atoms with van der Waals surface area (Å²) in [5.41, 5.74) is 1.40. The highest BCUT2D eigenvalue weighted by Gasteiger charge is 1.93. The first-order valence-corrected chi connectivity index (χ1v) is 6.68. The van der Waals surface area contributed by atoms with Crippen LogP contribution in [0.2, 0.25) is 0 Å². The summed E-state index contributed by atoms with van der Waals surface area (Å²) in [6.07, 6.45) is 2.51. The van der Waals surface area contributed by atoms with Crippen LogP contribution in [0.25, 0.3) is 0 Å². The van der Waals surface area contributed by atoms with E-state index in [1.54, 1.807) is 11.3 Å². The summed E-state index contributed by atoms with van der Waals surface area (Å²) in [6.45, 7) is 7.65. The molecule has 0 bridgehead atoms. The van der Waals surface area contributed by atoms with Gasteiger partial charge in [-0.3, -0.25) is 0 Å². The second-order valence-corrected chi connectivity index (χ2v) is 4.90. The number of rotatable bonds is 8. The quantitative estimate of drug-likeness (QED) is 0.666. The van der Waals surface area contributed by atoms with Crippen LogP contribution in [0.1, 0.15) is 32.3 Å². The van der Waals surface area contributed by atoms with Crippen molar-refractivity contribution in [1.29, 1.82) is 0 Å². The maximum absolute atomic E-state index is 3.45. The van der Waals surface area contributed by atoms with Crippen LogP contribution < -0.4 is 10.6 Å². The summed E-state index contributed by atoms with van der Waals surface area (Å²) in [7, 11) is 0. The van der Waals surface area contributed by atoms with Crippen molar-refractivity contribution in [1.82, 2.24) is 10.6 Å². The number of unbranched alkanes of at least 4 members (excludes halogenated alkanes) is 1. The van der Waals surface area contributed by atoms with Crippen molar-refractivity contribution in [2.75, 3.05) is 13.1 Å². The molecule has 0 aliphatic carbocycles. The lowest BCUT2D eigenvalue weighted by Crippen LogP contribution is -2.24. The fourth-order valence-corrected chi connectivity index (χ4v) is 2.06. The van der Waals surface area contributed by atoms with Gasteiger partial charge >= 0.3 is 0 Å². The molecule has 0 aliphatic heterocycles. The lowest BCUT2D eigenvalue weighted by molar-refractivity contribution is 0.541. The van der Waals surface area contributed by atoms with E-state index < -0.39 is 0 Å². The highest BCUT2D eigenvalue weighted by atomic mass is 32.1. The maximum atomic E-state index is 3.45. The topological polar surface area (TPSA) is 24.1 Å². The molecule has 0 atom stereocenters. The van der Waals surface area contributed by atoms with Gasteiger partial charge in [-0.1, -0.05) is 13.8 Å². The molecular formula is C12H22N2S. The average Bonchev–Trinajstić information content (AvgIpc) is 2.68. The average molecular weight is 226 g/mol. The minimum atomic E-state index is 0.615. The molecular weight excluding hydrogens is 204 g/mol. The van der Waals surface area contributed by atoms with Gasteiger partial charge in [-0.2, -0.15) is 11.3 Å². The summed E-state index contributed by atoms with van der Waals surface area (Å²) in [4.78, 5) is 0. The minimum absolute atomic E-state index is 0.615. The molecule has 0 radical (unpaired) electrons. The van der Waals surface area contributed by atoms with Crippen LogP contribution in [-0.4, -0.2) is 19.1 Å². The van der Waals surface area contributed by atoms with Crippen molar-refractivity contribution in [2.24, 2.45) is 0 Å². The second kappa shape index (κ2) is 7.85. The molecule has 1 heterocycles. The molecule has 15 heavy (non-hydrogen) atoms. The number of hydrogen-bond donors (Lipinski definition) is 2. The van der Waals surface area contributed by atoms with Crippen molar-refractivity contribution in [3.63, 3.8) is 0 Å². The molecule has 0 saturated carbocycles. The van der Waals surface area contributed by atoms with Crippen molar-refractivity contribution in [3.05, 3.63) is 22.4 Å². The molecule has 0 aliphatic rings. The van der Waals surface area contributed by atoms with Crippen LogP contribution in [0.15, 0.2) is 16.8 Å². The Labute approximate surface area is 97.1 Å². The van der Waals surface area contributed by atoms with Crippen LogP contribution >= 0.6 is 11.3 Å². The van der Waals surface area contributed by atoms with Gasteiger partial charge in [0.25, 0.3) is 0 Å². The second-order valence-electron chi connectivity index (χ2n) is 4.12. The third kappa shape index (κ3) is 6.66. The van der Waals surface area contributed by atoms with Gasteiger partial charge in [0.2, 0.25) is 0 Å². The zero-order valence-electron chi connectivity index (χ0n) is 9.75. The van der Waals surface area contributed by atoms with Gasteiger partial charge in [0.1, 0.15) is 0 Å². The van der Waals surface area contributed by atoms with E-state index in [1.807, 2.05) is 0 Å². The predicted molar refractivity (Wildman–Crippen MR) is 68.4 cm³/mol. The van der Waals surface area contributed by atoms with E-state index in [0.717, 1.165) is 19.6 Å². The van der Waals surface area contributed by atoms with Crippen LogP contribution in [-0.2, 0) is 6.54 Å². The normalized spacial score (nSPS) is 11.1. The molecule has 0 saturated heterocycles. The summed E-state index contributed by atoms with van der Waals surface area (Å²) >= 11 is 1.76. The molecule has 3 heteroatoms. The van der Waals surface area contributed by atoms with Crippen molar-refractivity contribution >= 4 is 11.3 Å². The number of nitrogens with one attached hydrogen (secondary N) is 2. The molecule has 86 valence electrons. The molecule has 0 unspecified atom stereocenters. The van der Waals surface area contributed by atoms with Crippen molar-refractivity contribution < 1.29 is 0 Å². The zero-order valence-corrected chi connectivity index (χ0v) is 10.6. The Bertz CT molecular complexity index is 232. The monoisotopic (exact) mass is 226 g/mol. The van der Waals surface area contributed by atoms with Crippen LogP contribution in [0.3, 0.4) is 0 Å². The Kier molecular flexibility index (Phi) is 6.64. The summed E-state index contributed by atoms with van der Waals surface area (Å²) in [5, 5.41) is 11.2. The fourth-order valence-electron chi connectivity index (χ4n) is 1.39. The van der Waals surface area contributed by atoms with E-state index in [4.69, 9.17) is 0 Å². The largest absolute Gasteiger partial charge is 0.315 e. The Balaban J connectivity index is 1.85. The highest BCUT2D eigenvalue weighted by Crippen LogP contribution is 2.04. The van der Waals surface area contributed by atoms with Gasteiger partial charge in [0.15, 0.2) is 0 Å². The van der Waals surface area contributed by atoms with Gasteiger partial charge in [-0.15, -0.1) is 0 Å². The first-order chi connectivity index (χ1) is 7.29. The highest BCUT2D eigenvalue weighted by molar-refractivity contribution is 7.07. The Hall–Kier alpha value is -0.380. The summed E-state index contributed by atoms with van der Waals surface area (Å²) < 4.78 is 0. The van der Waals surface area contributed by atoms with E-state index >= 15 is 0 Å². The Morgan fingerprint density at radius 1 is 1.27 bits per heavy atom. The van der Waals surface area contributed by atoms with Gasteiger partial charge < -0.3 is 10.6 Å². The first-order valence-electron chi connectivity index (χ1n) is 5.74. The smallest absolute Gasteiger partial charge is 0.0213 e. The van der Waals surface area contributed by atoms with Gasteiger partial charge in [0.05, 0.1) is 0 Å². The molecule has 2 N–H and O–H groups in total. The minimum Gasteiger partial charge on any atom is -0.315 e. The molecule has 2 nitrogen and oxygen atoms in total. The predicted octanol–water partition coefficient (Wildman–Crippen LogP) is 2.62. The van der Waals surface area contributed by atoms with E-state index in [0.29, 0.717) is 6.04 Å². The summed E-state index contributed by atoms with van der Waals surface area (Å²) in [5.74, 6) is 0. The van der Waals surface area contributed by atoms with Crippen molar-refractivity contribution in [2.45, 2.75) is 39.3 Å². The van der Waals surface area contributed by atoms with Gasteiger partial charge in [-0.05, 0) is 48.3 Å². The first kappa shape index (κ1) is 12.7. The van der Waals surface area contributed by atoms with Crippen molar-refractivity contribution in [3.8, 4) is 0 Å². The van der Waals surface area contributed by atoms with E-state index in [-0.39, 0.29) is 0 Å².